The van der Waals surface area contributed by atoms with E-state index in [0.29, 0.717) is 47.5 Å². The fourth-order valence-electron chi connectivity index (χ4n) is 4.08. The number of nitrogens with zero attached hydrogens (tertiary/aromatic N) is 2. The number of allylic oxidation sites excluding steroid dienone is 3. The summed E-state index contributed by atoms with van der Waals surface area (Å²) in [7, 11) is 0. The standard InChI is InChI=1S/C26H34ClFN6/c1-3-24(29)25(33-26(30)32-16-19-8-6-10-21(28)14-19)34(17-20-9-7-13-31-15-20)18(2)22-11-4-5-12-23(22)27/h3-5,8,11-12,14,20,31H,1-2,6-7,9-10,13,15-17,29H2,(H3,30,32,33)/b25-24-/t20-/m1/s1. The fourth-order valence-corrected chi connectivity index (χ4v) is 4.33. The number of halogens is 2. The number of hydrogen-bond donors (Lipinski definition) is 4. The number of benzene rings is 1. The van der Waals surface area contributed by atoms with Gasteiger partial charge in [-0.15, -0.1) is 0 Å². The first kappa shape index (κ1) is 25.6. The van der Waals surface area contributed by atoms with E-state index in [4.69, 9.17) is 23.1 Å². The topological polar surface area (TPSA) is 91.7 Å². The first-order chi connectivity index (χ1) is 16.4. The van der Waals surface area contributed by atoms with Crippen molar-refractivity contribution in [1.29, 1.82) is 0 Å². The highest BCUT2D eigenvalue weighted by Crippen LogP contribution is 2.29. The molecule has 6 nitrogen and oxygen atoms in total. The molecule has 0 amide bonds. The van der Waals surface area contributed by atoms with Crippen LogP contribution in [0.4, 0.5) is 4.39 Å². The average molecular weight is 485 g/mol. The van der Waals surface area contributed by atoms with Crippen molar-refractivity contribution in [3.8, 4) is 0 Å². The Kier molecular flexibility index (Phi) is 9.36. The third-order valence-electron chi connectivity index (χ3n) is 5.92. The maximum Gasteiger partial charge on any atom is 0.194 e. The number of nitrogens with two attached hydrogens (primary N) is 2. The van der Waals surface area contributed by atoms with Crippen LogP contribution in [0.3, 0.4) is 0 Å². The molecule has 1 fully saturated rings. The van der Waals surface area contributed by atoms with E-state index in [1.165, 1.54) is 6.08 Å². The molecule has 2 aliphatic rings. The predicted octanol–water partition coefficient (Wildman–Crippen LogP) is 4.40. The zero-order valence-electron chi connectivity index (χ0n) is 19.5. The van der Waals surface area contributed by atoms with E-state index in [1.807, 2.05) is 35.2 Å². The van der Waals surface area contributed by atoms with Crippen molar-refractivity contribution in [2.75, 3.05) is 26.2 Å². The van der Waals surface area contributed by atoms with Crippen molar-refractivity contribution >= 4 is 23.3 Å². The molecule has 1 aliphatic carbocycles. The van der Waals surface area contributed by atoms with Gasteiger partial charge in [0.2, 0.25) is 0 Å². The molecular weight excluding hydrogens is 451 g/mol. The lowest BCUT2D eigenvalue weighted by atomic mass is 9.98. The van der Waals surface area contributed by atoms with Gasteiger partial charge in [0.1, 0.15) is 11.6 Å². The summed E-state index contributed by atoms with van der Waals surface area (Å²) in [4.78, 5) is 6.40. The van der Waals surface area contributed by atoms with Gasteiger partial charge in [-0.05, 0) is 62.1 Å². The summed E-state index contributed by atoms with van der Waals surface area (Å²) in [5.41, 5.74) is 15.3. The molecule has 8 heteroatoms. The molecule has 0 aromatic heterocycles. The third kappa shape index (κ3) is 6.98. The summed E-state index contributed by atoms with van der Waals surface area (Å²) in [6, 6.07) is 7.55. The highest BCUT2D eigenvalue weighted by atomic mass is 35.5. The maximum absolute atomic E-state index is 13.6. The van der Waals surface area contributed by atoms with Gasteiger partial charge in [0.25, 0.3) is 0 Å². The Morgan fingerprint density at radius 2 is 2.15 bits per heavy atom. The van der Waals surface area contributed by atoms with Crippen LogP contribution < -0.4 is 22.1 Å². The minimum absolute atomic E-state index is 0.140. The summed E-state index contributed by atoms with van der Waals surface area (Å²) < 4.78 is 13.6. The summed E-state index contributed by atoms with van der Waals surface area (Å²) in [5, 5.41) is 7.19. The molecule has 1 aromatic rings. The van der Waals surface area contributed by atoms with Crippen LogP contribution in [-0.2, 0) is 0 Å². The average Bonchev–Trinajstić information content (AvgIpc) is 2.85. The summed E-state index contributed by atoms with van der Waals surface area (Å²) in [6.45, 7) is 11.0. The van der Waals surface area contributed by atoms with Gasteiger partial charge in [-0.2, -0.15) is 0 Å². The molecular formula is C26H34ClFN6. The zero-order valence-corrected chi connectivity index (χ0v) is 20.3. The van der Waals surface area contributed by atoms with Crippen LogP contribution in [-0.4, -0.2) is 37.0 Å². The second-order valence-electron chi connectivity index (χ2n) is 8.49. The normalized spacial score (nSPS) is 19.5. The van der Waals surface area contributed by atoms with Crippen LogP contribution in [0.15, 0.2) is 83.6 Å². The first-order valence-electron chi connectivity index (χ1n) is 11.5. The summed E-state index contributed by atoms with van der Waals surface area (Å²) in [6.07, 6.45) is 8.31. The van der Waals surface area contributed by atoms with Crippen molar-refractivity contribution < 1.29 is 4.39 Å². The summed E-state index contributed by atoms with van der Waals surface area (Å²) >= 11 is 6.50. The van der Waals surface area contributed by atoms with E-state index in [0.717, 1.165) is 37.1 Å². The fraction of sp³-hybridized carbons (Fsp3) is 0.346. The van der Waals surface area contributed by atoms with Gasteiger partial charge in [-0.3, -0.25) is 0 Å². The van der Waals surface area contributed by atoms with Gasteiger partial charge < -0.3 is 27.0 Å². The molecule has 1 aliphatic heterocycles. The Balaban J connectivity index is 1.89. The number of aliphatic imine (C=N–C) groups is 1. The highest BCUT2D eigenvalue weighted by Gasteiger charge is 2.24. The van der Waals surface area contributed by atoms with E-state index in [2.05, 4.69) is 28.8 Å². The molecule has 6 N–H and O–H groups in total. The molecule has 0 unspecified atom stereocenters. The molecule has 1 atom stereocenters. The predicted molar refractivity (Wildman–Crippen MR) is 140 cm³/mol. The molecule has 0 spiro atoms. The van der Waals surface area contributed by atoms with Crippen molar-refractivity contribution in [2.45, 2.75) is 25.7 Å². The van der Waals surface area contributed by atoms with Gasteiger partial charge in [-0.25, -0.2) is 9.38 Å². The first-order valence-corrected chi connectivity index (χ1v) is 11.9. The lowest BCUT2D eigenvalue weighted by Gasteiger charge is -2.35. The number of guanidine groups is 1. The van der Waals surface area contributed by atoms with Crippen molar-refractivity contribution in [3.05, 3.63) is 89.2 Å². The van der Waals surface area contributed by atoms with Gasteiger partial charge in [0, 0.05) is 29.2 Å². The molecule has 0 radical (unpaired) electrons. The number of hydrogen-bond acceptors (Lipinski definition) is 4. The van der Waals surface area contributed by atoms with Crippen molar-refractivity contribution in [3.63, 3.8) is 0 Å². The van der Waals surface area contributed by atoms with E-state index in [1.54, 1.807) is 6.08 Å². The second kappa shape index (κ2) is 12.4. The minimum atomic E-state index is -0.140. The van der Waals surface area contributed by atoms with Gasteiger partial charge >= 0.3 is 0 Å². The molecule has 1 aromatic carbocycles. The molecule has 1 heterocycles. The van der Waals surface area contributed by atoms with Crippen LogP contribution >= 0.6 is 11.6 Å². The van der Waals surface area contributed by atoms with Crippen LogP contribution in [0.2, 0.25) is 5.02 Å². The number of nitrogens with one attached hydrogen (secondary N) is 2. The van der Waals surface area contributed by atoms with E-state index in [9.17, 15) is 4.39 Å². The van der Waals surface area contributed by atoms with E-state index in [-0.39, 0.29) is 18.3 Å². The minimum Gasteiger partial charge on any atom is -0.396 e. The third-order valence-corrected chi connectivity index (χ3v) is 6.25. The highest BCUT2D eigenvalue weighted by molar-refractivity contribution is 6.32. The SMILES string of the molecule is C=C/C(N)=C(\NC(N)=NCC1=CCCC(F)=C1)N(C[C@@H]1CCCNC1)C(=C)c1ccccc1Cl. The molecule has 34 heavy (non-hydrogen) atoms. The Hall–Kier alpha value is -3.03. The molecule has 0 saturated carbocycles. The Morgan fingerprint density at radius 3 is 2.82 bits per heavy atom. The second-order valence-corrected chi connectivity index (χ2v) is 8.90. The van der Waals surface area contributed by atoms with Crippen LogP contribution in [0.25, 0.3) is 5.70 Å². The quantitative estimate of drug-likeness (QED) is 0.237. The van der Waals surface area contributed by atoms with Crippen molar-refractivity contribution in [1.82, 2.24) is 15.5 Å². The Bertz CT molecular complexity index is 1020. The van der Waals surface area contributed by atoms with E-state index < -0.39 is 0 Å². The largest absolute Gasteiger partial charge is 0.396 e. The zero-order chi connectivity index (χ0) is 24.5. The smallest absolute Gasteiger partial charge is 0.194 e. The van der Waals surface area contributed by atoms with Gasteiger partial charge in [-0.1, -0.05) is 49.0 Å². The van der Waals surface area contributed by atoms with E-state index >= 15 is 0 Å². The molecule has 182 valence electrons. The monoisotopic (exact) mass is 484 g/mol. The Morgan fingerprint density at radius 1 is 1.35 bits per heavy atom. The van der Waals surface area contributed by atoms with Crippen molar-refractivity contribution in [2.24, 2.45) is 22.4 Å². The summed E-state index contributed by atoms with van der Waals surface area (Å²) in [5.74, 6) is 0.935. The van der Waals surface area contributed by atoms with Crippen LogP contribution in [0, 0.1) is 5.92 Å². The van der Waals surface area contributed by atoms with Gasteiger partial charge in [0.15, 0.2) is 5.96 Å². The van der Waals surface area contributed by atoms with Crippen LogP contribution in [0.1, 0.15) is 31.2 Å². The van der Waals surface area contributed by atoms with Gasteiger partial charge in [0.05, 0.1) is 12.2 Å². The molecule has 0 bridgehead atoms. The lowest BCUT2D eigenvalue weighted by Crippen LogP contribution is -2.44. The molecule has 3 rings (SSSR count). The Labute approximate surface area is 206 Å². The number of piperidine rings is 1. The van der Waals surface area contributed by atoms with Crippen LogP contribution in [0.5, 0.6) is 0 Å². The maximum atomic E-state index is 13.6. The lowest BCUT2D eigenvalue weighted by molar-refractivity contribution is 0.301. The molecule has 1 saturated heterocycles. The number of rotatable bonds is 9.